The van der Waals surface area contributed by atoms with Crippen molar-refractivity contribution in [2.24, 2.45) is 0 Å². The average Bonchev–Trinajstić information content (AvgIpc) is 3.36. The summed E-state index contributed by atoms with van der Waals surface area (Å²) in [5.74, 6) is -0.770. The number of nitrogen functional groups attached to an aromatic ring is 1. The zero-order valence-corrected chi connectivity index (χ0v) is 22.8. The van der Waals surface area contributed by atoms with Crippen molar-refractivity contribution in [2.75, 3.05) is 18.8 Å². The van der Waals surface area contributed by atoms with Crippen LogP contribution in [0.5, 0.6) is 0 Å². The van der Waals surface area contributed by atoms with Gasteiger partial charge in [0.05, 0.1) is 11.9 Å². The Morgan fingerprint density at radius 1 is 1.13 bits per heavy atom. The van der Waals surface area contributed by atoms with Gasteiger partial charge in [0.1, 0.15) is 5.60 Å². The molecule has 11 heteroatoms. The number of nitrogens with two attached hydrogens (primary N) is 1. The number of ether oxygens (including phenoxy) is 1. The van der Waals surface area contributed by atoms with Crippen molar-refractivity contribution in [3.8, 4) is 11.3 Å². The monoisotopic (exact) mass is 550 g/mol. The van der Waals surface area contributed by atoms with E-state index >= 15 is 0 Å². The normalized spacial score (nSPS) is 15.1. The summed E-state index contributed by atoms with van der Waals surface area (Å²) in [4.78, 5) is 48.3. The SMILES string of the molecule is CC(C)(C)OC(=O)N1CC[C@H](NC(=O)c2nc(-c3cccc(C(=O)NCc4ccc(Cl)cc4)c3)cnc2N)C1. The van der Waals surface area contributed by atoms with E-state index < -0.39 is 17.6 Å². The first kappa shape index (κ1) is 27.8. The Bertz CT molecular complexity index is 1370. The molecular weight excluding hydrogens is 520 g/mol. The Labute approximate surface area is 231 Å². The first-order chi connectivity index (χ1) is 18.5. The summed E-state index contributed by atoms with van der Waals surface area (Å²) in [6.07, 6.45) is 1.61. The second-order valence-electron chi connectivity index (χ2n) is 10.3. The molecule has 3 amide bonds. The Balaban J connectivity index is 1.42. The highest BCUT2D eigenvalue weighted by Crippen LogP contribution is 2.21. The average molecular weight is 551 g/mol. The van der Waals surface area contributed by atoms with Gasteiger partial charge in [0.15, 0.2) is 11.5 Å². The Morgan fingerprint density at radius 2 is 1.87 bits per heavy atom. The maximum Gasteiger partial charge on any atom is 0.410 e. The highest BCUT2D eigenvalue weighted by atomic mass is 35.5. The van der Waals surface area contributed by atoms with Crippen molar-refractivity contribution in [3.05, 3.63) is 76.6 Å². The molecule has 1 aliphatic rings. The molecule has 204 valence electrons. The molecule has 2 heterocycles. The first-order valence-electron chi connectivity index (χ1n) is 12.5. The van der Waals surface area contributed by atoms with Crippen molar-refractivity contribution in [2.45, 2.75) is 45.4 Å². The molecule has 39 heavy (non-hydrogen) atoms. The van der Waals surface area contributed by atoms with Crippen molar-refractivity contribution in [1.82, 2.24) is 25.5 Å². The van der Waals surface area contributed by atoms with E-state index in [0.29, 0.717) is 47.9 Å². The van der Waals surface area contributed by atoms with Crippen LogP contribution in [0.3, 0.4) is 0 Å². The van der Waals surface area contributed by atoms with E-state index in [4.69, 9.17) is 22.1 Å². The largest absolute Gasteiger partial charge is 0.444 e. The van der Waals surface area contributed by atoms with Gasteiger partial charge >= 0.3 is 6.09 Å². The number of halogens is 1. The van der Waals surface area contributed by atoms with E-state index in [1.165, 1.54) is 6.20 Å². The fraction of sp³-hybridized carbons (Fsp3) is 0.321. The topological polar surface area (TPSA) is 140 Å². The zero-order valence-electron chi connectivity index (χ0n) is 22.0. The number of nitrogens with one attached hydrogen (secondary N) is 2. The van der Waals surface area contributed by atoms with Crippen LogP contribution in [0.15, 0.2) is 54.7 Å². The molecule has 4 rings (SSSR count). The predicted molar refractivity (Wildman–Crippen MR) is 148 cm³/mol. The highest BCUT2D eigenvalue weighted by molar-refractivity contribution is 6.30. The van der Waals surface area contributed by atoms with Gasteiger partial charge in [-0.15, -0.1) is 0 Å². The van der Waals surface area contributed by atoms with Gasteiger partial charge in [-0.2, -0.15) is 0 Å². The maximum atomic E-state index is 13.0. The molecule has 1 saturated heterocycles. The second-order valence-corrected chi connectivity index (χ2v) is 10.7. The van der Waals surface area contributed by atoms with Crippen LogP contribution in [0.1, 0.15) is 53.6 Å². The minimum atomic E-state index is -0.600. The number of likely N-dealkylation sites (tertiary alicyclic amines) is 1. The number of benzene rings is 2. The fourth-order valence-electron chi connectivity index (χ4n) is 4.04. The van der Waals surface area contributed by atoms with Gasteiger partial charge in [-0.1, -0.05) is 35.9 Å². The van der Waals surface area contributed by atoms with Crippen LogP contribution in [0.4, 0.5) is 10.6 Å². The molecule has 2 aromatic carbocycles. The van der Waals surface area contributed by atoms with Gasteiger partial charge in [0.2, 0.25) is 0 Å². The molecular formula is C28H31ClN6O4. The molecule has 0 saturated carbocycles. The summed E-state index contributed by atoms with van der Waals surface area (Å²) in [6.45, 7) is 6.54. The predicted octanol–water partition coefficient (Wildman–Crippen LogP) is 4.05. The van der Waals surface area contributed by atoms with Gasteiger partial charge in [0, 0.05) is 41.8 Å². The Morgan fingerprint density at radius 3 is 2.59 bits per heavy atom. The Hall–Kier alpha value is -4.18. The molecule has 1 atom stereocenters. The molecule has 1 aliphatic heterocycles. The molecule has 10 nitrogen and oxygen atoms in total. The van der Waals surface area contributed by atoms with E-state index in [2.05, 4.69) is 20.6 Å². The molecule has 4 N–H and O–H groups in total. The van der Waals surface area contributed by atoms with E-state index in [1.54, 1.807) is 62.1 Å². The number of nitrogens with zero attached hydrogens (tertiary/aromatic N) is 3. The number of hydrogen-bond acceptors (Lipinski definition) is 7. The van der Waals surface area contributed by atoms with E-state index in [1.807, 2.05) is 12.1 Å². The van der Waals surface area contributed by atoms with Crippen LogP contribution in [0, 0.1) is 0 Å². The summed E-state index contributed by atoms with van der Waals surface area (Å²) >= 11 is 5.91. The molecule has 1 aromatic heterocycles. The fourth-order valence-corrected chi connectivity index (χ4v) is 4.16. The number of hydrogen-bond donors (Lipinski definition) is 3. The number of aromatic nitrogens is 2. The van der Waals surface area contributed by atoms with Gasteiger partial charge < -0.3 is 26.0 Å². The van der Waals surface area contributed by atoms with Crippen LogP contribution in [0.25, 0.3) is 11.3 Å². The minimum Gasteiger partial charge on any atom is -0.444 e. The minimum absolute atomic E-state index is 0.0184. The smallest absolute Gasteiger partial charge is 0.410 e. The summed E-state index contributed by atoms with van der Waals surface area (Å²) in [5.41, 5.74) is 7.70. The third-order valence-corrected chi connectivity index (χ3v) is 6.23. The lowest BCUT2D eigenvalue weighted by molar-refractivity contribution is 0.0290. The lowest BCUT2D eigenvalue weighted by atomic mass is 10.1. The van der Waals surface area contributed by atoms with Crippen molar-refractivity contribution in [3.63, 3.8) is 0 Å². The third-order valence-electron chi connectivity index (χ3n) is 5.98. The molecule has 0 spiro atoms. The zero-order chi connectivity index (χ0) is 28.2. The van der Waals surface area contributed by atoms with Crippen LogP contribution in [0.2, 0.25) is 5.02 Å². The van der Waals surface area contributed by atoms with Gasteiger partial charge in [-0.25, -0.2) is 14.8 Å². The standard InChI is InChI=1S/C28H31ClN6O4/c1-28(2,3)39-27(38)35-12-11-21(16-35)33-26(37)23-24(30)31-15-22(34-23)18-5-4-6-19(13-18)25(36)32-14-17-7-9-20(29)10-8-17/h4-10,13,15,21H,11-12,14,16H2,1-3H3,(H2,30,31)(H,32,36)(H,33,37)/t21-/m0/s1. The number of rotatable bonds is 6. The maximum absolute atomic E-state index is 13.0. The third kappa shape index (κ3) is 7.44. The summed E-state index contributed by atoms with van der Waals surface area (Å²) < 4.78 is 5.41. The number of amides is 3. The summed E-state index contributed by atoms with van der Waals surface area (Å²) in [7, 11) is 0. The van der Waals surface area contributed by atoms with Gasteiger partial charge in [-0.05, 0) is 57.0 Å². The van der Waals surface area contributed by atoms with Crippen LogP contribution >= 0.6 is 11.6 Å². The van der Waals surface area contributed by atoms with E-state index in [9.17, 15) is 14.4 Å². The second kappa shape index (κ2) is 11.7. The molecule has 0 aliphatic carbocycles. The lowest BCUT2D eigenvalue weighted by Crippen LogP contribution is -2.40. The molecule has 0 radical (unpaired) electrons. The van der Waals surface area contributed by atoms with Crippen LogP contribution in [-0.2, 0) is 11.3 Å². The van der Waals surface area contributed by atoms with Crippen LogP contribution in [-0.4, -0.2) is 57.5 Å². The molecule has 1 fully saturated rings. The number of carbonyl (C=O) groups is 3. The molecule has 3 aromatic rings. The van der Waals surface area contributed by atoms with Crippen molar-refractivity contribution < 1.29 is 19.1 Å². The molecule has 0 bridgehead atoms. The van der Waals surface area contributed by atoms with Crippen molar-refractivity contribution in [1.29, 1.82) is 0 Å². The summed E-state index contributed by atoms with van der Waals surface area (Å²) in [6, 6.07) is 13.8. The van der Waals surface area contributed by atoms with E-state index in [0.717, 1.165) is 5.56 Å². The number of carbonyl (C=O) groups excluding carboxylic acids is 3. The first-order valence-corrected chi connectivity index (χ1v) is 12.9. The van der Waals surface area contributed by atoms with E-state index in [-0.39, 0.29) is 23.5 Å². The van der Waals surface area contributed by atoms with Gasteiger partial charge in [-0.3, -0.25) is 9.59 Å². The summed E-state index contributed by atoms with van der Waals surface area (Å²) in [5, 5.41) is 6.39. The molecule has 0 unspecified atom stereocenters. The van der Waals surface area contributed by atoms with Gasteiger partial charge in [0.25, 0.3) is 11.8 Å². The number of anilines is 1. The van der Waals surface area contributed by atoms with Crippen LogP contribution < -0.4 is 16.4 Å². The lowest BCUT2D eigenvalue weighted by Gasteiger charge is -2.24. The van der Waals surface area contributed by atoms with Crippen molar-refractivity contribution >= 4 is 35.3 Å². The highest BCUT2D eigenvalue weighted by Gasteiger charge is 2.31. The quantitative estimate of drug-likeness (QED) is 0.420. The Kier molecular flexibility index (Phi) is 8.35.